The molecule has 0 atom stereocenters. The van der Waals surface area contributed by atoms with Gasteiger partial charge in [0.2, 0.25) is 0 Å². The van der Waals surface area contributed by atoms with Gasteiger partial charge in [0.1, 0.15) is 5.75 Å². The summed E-state index contributed by atoms with van der Waals surface area (Å²) in [5.41, 5.74) is 3.07. The van der Waals surface area contributed by atoms with E-state index in [-0.39, 0.29) is 0 Å². The highest BCUT2D eigenvalue weighted by atomic mass is 16.5. The Kier molecular flexibility index (Phi) is 5.44. The van der Waals surface area contributed by atoms with Crippen LogP contribution >= 0.6 is 0 Å². The first-order chi connectivity index (χ1) is 13.1. The van der Waals surface area contributed by atoms with Gasteiger partial charge in [0.05, 0.1) is 25.9 Å². The van der Waals surface area contributed by atoms with Crippen LogP contribution in [0.4, 0.5) is 0 Å². The maximum Gasteiger partial charge on any atom is 0.119 e. The van der Waals surface area contributed by atoms with E-state index in [1.165, 1.54) is 42.3 Å². The minimum atomic E-state index is 0.332. The van der Waals surface area contributed by atoms with Gasteiger partial charge in [-0.1, -0.05) is 6.42 Å². The summed E-state index contributed by atoms with van der Waals surface area (Å²) in [5.74, 6) is 0.938. The molecule has 1 aromatic carbocycles. The van der Waals surface area contributed by atoms with Crippen molar-refractivity contribution in [3.05, 3.63) is 30.0 Å². The van der Waals surface area contributed by atoms with Crippen LogP contribution in [-0.2, 0) is 17.7 Å². The van der Waals surface area contributed by atoms with Crippen LogP contribution in [0.2, 0.25) is 0 Å². The topological polar surface area (TPSA) is 29.9 Å². The van der Waals surface area contributed by atoms with Crippen LogP contribution in [-0.4, -0.2) is 74.0 Å². The fourth-order valence-corrected chi connectivity index (χ4v) is 4.60. The molecular formula is C22H33N3O2. The standard InChI is InChI=1S/C22H33N3O2/c1-23(2)11-8-18-15-24(21-7-6-19(26-3)14-20(18)21)12-13-25-10-5-4-9-22(25)16-27-17-22/h6-7,14-15H,4-5,8-13,16-17H2,1-3H3. The molecule has 0 N–H and O–H groups in total. The summed E-state index contributed by atoms with van der Waals surface area (Å²) in [6.07, 6.45) is 7.39. The number of aromatic nitrogens is 1. The third-order valence-corrected chi connectivity index (χ3v) is 6.34. The first kappa shape index (κ1) is 18.8. The van der Waals surface area contributed by atoms with Crippen molar-refractivity contribution in [3.63, 3.8) is 0 Å². The van der Waals surface area contributed by atoms with Crippen molar-refractivity contribution >= 4 is 10.9 Å². The van der Waals surface area contributed by atoms with Crippen LogP contribution in [0.1, 0.15) is 24.8 Å². The number of fused-ring (bicyclic) bond motifs is 1. The second kappa shape index (κ2) is 7.82. The van der Waals surface area contributed by atoms with Gasteiger partial charge in [0.25, 0.3) is 0 Å². The average Bonchev–Trinajstić information content (AvgIpc) is 3.00. The maximum atomic E-state index is 5.59. The van der Waals surface area contributed by atoms with Gasteiger partial charge in [-0.05, 0) is 63.7 Å². The predicted molar refractivity (Wildman–Crippen MR) is 110 cm³/mol. The first-order valence-electron chi connectivity index (χ1n) is 10.2. The number of nitrogens with zero attached hydrogens (tertiary/aromatic N) is 3. The van der Waals surface area contributed by atoms with Gasteiger partial charge in [0, 0.05) is 36.7 Å². The lowest BCUT2D eigenvalue weighted by Crippen LogP contribution is -2.64. The van der Waals surface area contributed by atoms with E-state index < -0.39 is 0 Å². The van der Waals surface area contributed by atoms with E-state index in [2.05, 4.69) is 52.9 Å². The molecule has 5 nitrogen and oxygen atoms in total. The molecular weight excluding hydrogens is 338 g/mol. The summed E-state index contributed by atoms with van der Waals surface area (Å²) in [4.78, 5) is 4.94. The summed E-state index contributed by atoms with van der Waals surface area (Å²) in [5, 5.41) is 1.33. The van der Waals surface area contributed by atoms with Gasteiger partial charge in [-0.15, -0.1) is 0 Å². The molecule has 5 heteroatoms. The summed E-state index contributed by atoms with van der Waals surface area (Å²) in [7, 11) is 6.01. The molecule has 2 aliphatic rings. The molecule has 1 spiro atoms. The van der Waals surface area contributed by atoms with E-state index in [0.717, 1.165) is 45.0 Å². The largest absolute Gasteiger partial charge is 0.497 e. The lowest BCUT2D eigenvalue weighted by Gasteiger charge is -2.52. The number of hydrogen-bond acceptors (Lipinski definition) is 4. The van der Waals surface area contributed by atoms with Crippen molar-refractivity contribution in [1.29, 1.82) is 0 Å². The van der Waals surface area contributed by atoms with Gasteiger partial charge in [-0.3, -0.25) is 4.90 Å². The molecule has 3 heterocycles. The van der Waals surface area contributed by atoms with Crippen molar-refractivity contribution in [2.24, 2.45) is 0 Å². The van der Waals surface area contributed by atoms with Crippen LogP contribution in [0, 0.1) is 0 Å². The van der Waals surface area contributed by atoms with E-state index in [0.29, 0.717) is 5.54 Å². The maximum absolute atomic E-state index is 5.59. The molecule has 148 valence electrons. The average molecular weight is 372 g/mol. The van der Waals surface area contributed by atoms with Crippen LogP contribution in [0.25, 0.3) is 10.9 Å². The van der Waals surface area contributed by atoms with Gasteiger partial charge in [-0.25, -0.2) is 0 Å². The molecule has 0 radical (unpaired) electrons. The van der Waals surface area contributed by atoms with Gasteiger partial charge in [-0.2, -0.15) is 0 Å². The zero-order valence-electron chi connectivity index (χ0n) is 17.0. The summed E-state index contributed by atoms with van der Waals surface area (Å²) in [6, 6.07) is 6.49. The highest BCUT2D eigenvalue weighted by Crippen LogP contribution is 2.35. The molecule has 0 aliphatic carbocycles. The molecule has 2 aromatic rings. The van der Waals surface area contributed by atoms with Gasteiger partial charge in [0.15, 0.2) is 0 Å². The molecule has 2 aliphatic heterocycles. The van der Waals surface area contributed by atoms with Gasteiger partial charge < -0.3 is 18.9 Å². The van der Waals surface area contributed by atoms with Crippen molar-refractivity contribution < 1.29 is 9.47 Å². The van der Waals surface area contributed by atoms with E-state index in [9.17, 15) is 0 Å². The first-order valence-corrected chi connectivity index (χ1v) is 10.2. The second-order valence-corrected chi connectivity index (χ2v) is 8.45. The molecule has 1 aromatic heterocycles. The van der Waals surface area contributed by atoms with E-state index in [1.54, 1.807) is 7.11 Å². The van der Waals surface area contributed by atoms with E-state index in [4.69, 9.17) is 9.47 Å². The number of likely N-dealkylation sites (tertiary alicyclic amines) is 1. The van der Waals surface area contributed by atoms with Crippen LogP contribution in [0.5, 0.6) is 5.75 Å². The zero-order chi connectivity index (χ0) is 18.9. The molecule has 0 saturated carbocycles. The Bertz CT molecular complexity index is 779. The smallest absolute Gasteiger partial charge is 0.119 e. The highest BCUT2D eigenvalue weighted by molar-refractivity contribution is 5.85. The number of methoxy groups -OCH3 is 1. The Hall–Kier alpha value is -1.56. The second-order valence-electron chi connectivity index (χ2n) is 8.45. The number of hydrogen-bond donors (Lipinski definition) is 0. The highest BCUT2D eigenvalue weighted by Gasteiger charge is 2.44. The SMILES string of the molecule is COc1ccc2c(c1)c(CCN(C)C)cn2CCN1CCCCC12COC2. The lowest BCUT2D eigenvalue weighted by atomic mass is 9.85. The van der Waals surface area contributed by atoms with Crippen molar-refractivity contribution in [2.75, 3.05) is 54.1 Å². The number of rotatable bonds is 7. The predicted octanol–water partition coefficient (Wildman–Crippen LogP) is 3.01. The molecule has 27 heavy (non-hydrogen) atoms. The third-order valence-electron chi connectivity index (χ3n) is 6.34. The molecule has 0 amide bonds. The zero-order valence-corrected chi connectivity index (χ0v) is 17.0. The van der Waals surface area contributed by atoms with Crippen molar-refractivity contribution in [1.82, 2.24) is 14.4 Å². The number of ether oxygens (including phenoxy) is 2. The Balaban J connectivity index is 1.55. The monoisotopic (exact) mass is 371 g/mol. The molecule has 2 fully saturated rings. The summed E-state index contributed by atoms with van der Waals surface area (Å²) in [6.45, 7) is 6.25. The normalized spacial score (nSPS) is 19.7. The Morgan fingerprint density at radius 3 is 2.74 bits per heavy atom. The fourth-order valence-electron chi connectivity index (χ4n) is 4.60. The minimum absolute atomic E-state index is 0.332. The molecule has 0 bridgehead atoms. The number of likely N-dealkylation sites (N-methyl/N-ethyl adjacent to an activating group) is 1. The number of piperidine rings is 1. The molecule has 2 saturated heterocycles. The number of benzene rings is 1. The van der Waals surface area contributed by atoms with Crippen LogP contribution < -0.4 is 4.74 Å². The molecule has 4 rings (SSSR count). The molecule has 0 unspecified atom stereocenters. The fraction of sp³-hybridized carbons (Fsp3) is 0.636. The van der Waals surface area contributed by atoms with E-state index >= 15 is 0 Å². The Morgan fingerprint density at radius 1 is 1.19 bits per heavy atom. The lowest BCUT2D eigenvalue weighted by molar-refractivity contribution is -0.156. The Morgan fingerprint density at radius 2 is 2.04 bits per heavy atom. The van der Waals surface area contributed by atoms with E-state index in [1.807, 2.05) is 0 Å². The van der Waals surface area contributed by atoms with Crippen molar-refractivity contribution in [3.8, 4) is 5.75 Å². The minimum Gasteiger partial charge on any atom is -0.497 e. The van der Waals surface area contributed by atoms with Gasteiger partial charge >= 0.3 is 0 Å². The third kappa shape index (κ3) is 3.73. The summed E-state index contributed by atoms with van der Waals surface area (Å²) >= 11 is 0. The quantitative estimate of drug-likeness (QED) is 0.748. The summed E-state index contributed by atoms with van der Waals surface area (Å²) < 4.78 is 13.5. The Labute approximate surface area is 162 Å². The van der Waals surface area contributed by atoms with Crippen LogP contribution in [0.15, 0.2) is 24.4 Å². The van der Waals surface area contributed by atoms with Crippen molar-refractivity contribution in [2.45, 2.75) is 37.8 Å². The van der Waals surface area contributed by atoms with Crippen LogP contribution in [0.3, 0.4) is 0 Å².